The maximum Gasteiger partial charge on any atom is 0.154 e. The van der Waals surface area contributed by atoms with Crippen LogP contribution in [0.1, 0.15) is 31.7 Å². The smallest absolute Gasteiger partial charge is 0.154 e. The summed E-state index contributed by atoms with van der Waals surface area (Å²) in [5, 5.41) is 16.2. The molecule has 0 amide bonds. The van der Waals surface area contributed by atoms with E-state index < -0.39 is 0 Å². The monoisotopic (exact) mass is 534 g/mol. The molecule has 0 saturated carbocycles. The lowest BCUT2D eigenvalue weighted by atomic mass is 10.1. The summed E-state index contributed by atoms with van der Waals surface area (Å²) in [6.45, 7) is 10.4. The van der Waals surface area contributed by atoms with Gasteiger partial charge in [0.15, 0.2) is 5.82 Å². The Morgan fingerprint density at radius 2 is 1.75 bits per heavy atom. The number of nitrogens with one attached hydrogen (secondary N) is 1. The molecule has 10 nitrogen and oxygen atoms in total. The Hall–Kier alpha value is -4.44. The Morgan fingerprint density at radius 1 is 0.850 bits per heavy atom. The molecule has 1 saturated heterocycles. The van der Waals surface area contributed by atoms with Gasteiger partial charge < -0.3 is 10.2 Å². The fraction of sp³-hybridized carbons (Fsp3) is 0.333. The van der Waals surface area contributed by atoms with Gasteiger partial charge in [-0.2, -0.15) is 10.2 Å². The fourth-order valence-corrected chi connectivity index (χ4v) is 4.96. The first-order chi connectivity index (χ1) is 19.6. The summed E-state index contributed by atoms with van der Waals surface area (Å²) in [5.74, 6) is 2.83. The van der Waals surface area contributed by atoms with Crippen molar-refractivity contribution in [2.75, 3.05) is 42.9 Å². The summed E-state index contributed by atoms with van der Waals surface area (Å²) >= 11 is 0. The Kier molecular flexibility index (Phi) is 7.58. The van der Waals surface area contributed by atoms with Gasteiger partial charge in [0.2, 0.25) is 0 Å². The molecule has 0 spiro atoms. The van der Waals surface area contributed by atoms with E-state index in [0.717, 1.165) is 79.2 Å². The standard InChI is InChI=1S/C30H34N10/c1-22(2)23-17-29(37-33-19-23)36-28-8-7-26-27(35-28)16-24(18-32-26)25-20-34-40(21-25)11-5-10-38-12-14-39(15-13-38)30-6-3-4-9-31-30/h3-4,6-9,16-22H,5,10-15H2,1-2H3,(H,35,36,37). The van der Waals surface area contributed by atoms with E-state index in [1.54, 1.807) is 6.20 Å². The molecule has 0 bridgehead atoms. The number of fused-ring (bicyclic) bond motifs is 1. The van der Waals surface area contributed by atoms with E-state index in [2.05, 4.69) is 78.6 Å². The Morgan fingerprint density at radius 3 is 2.58 bits per heavy atom. The number of hydrogen-bond acceptors (Lipinski definition) is 9. The van der Waals surface area contributed by atoms with Crippen LogP contribution in [0.15, 0.2) is 73.4 Å². The number of pyridine rings is 3. The molecule has 0 aromatic carbocycles. The molecule has 1 fully saturated rings. The average Bonchev–Trinajstić information content (AvgIpc) is 3.47. The van der Waals surface area contributed by atoms with Crippen LogP contribution in [0, 0.1) is 0 Å². The molecule has 1 aliphatic rings. The third-order valence-corrected chi connectivity index (χ3v) is 7.31. The maximum absolute atomic E-state index is 4.78. The van der Waals surface area contributed by atoms with Crippen molar-refractivity contribution in [3.63, 3.8) is 0 Å². The van der Waals surface area contributed by atoms with Gasteiger partial charge in [0.25, 0.3) is 0 Å². The zero-order chi connectivity index (χ0) is 27.3. The normalized spacial score (nSPS) is 14.2. The van der Waals surface area contributed by atoms with Crippen LogP contribution < -0.4 is 10.2 Å². The van der Waals surface area contributed by atoms with E-state index in [9.17, 15) is 0 Å². The Bertz CT molecular complexity index is 1560. The number of nitrogens with zero attached hydrogens (tertiary/aromatic N) is 9. The minimum atomic E-state index is 0.377. The predicted octanol–water partition coefficient (Wildman–Crippen LogP) is 4.76. The van der Waals surface area contributed by atoms with Crippen LogP contribution in [-0.2, 0) is 6.54 Å². The lowest BCUT2D eigenvalue weighted by Gasteiger charge is -2.35. The second-order valence-corrected chi connectivity index (χ2v) is 10.5. The zero-order valence-corrected chi connectivity index (χ0v) is 23.0. The number of hydrogen-bond donors (Lipinski definition) is 1. The van der Waals surface area contributed by atoms with Crippen LogP contribution in [0.25, 0.3) is 22.2 Å². The number of aryl methyl sites for hydroxylation is 1. The van der Waals surface area contributed by atoms with Crippen LogP contribution in [0.2, 0.25) is 0 Å². The van der Waals surface area contributed by atoms with Gasteiger partial charge in [0.1, 0.15) is 11.6 Å². The van der Waals surface area contributed by atoms with Gasteiger partial charge in [-0.3, -0.25) is 14.6 Å². The van der Waals surface area contributed by atoms with Gasteiger partial charge in [-0.05, 0) is 54.3 Å². The molecule has 40 heavy (non-hydrogen) atoms. The van der Waals surface area contributed by atoms with Crippen molar-refractivity contribution in [1.29, 1.82) is 0 Å². The molecule has 5 aromatic heterocycles. The minimum Gasteiger partial charge on any atom is -0.354 e. The molecule has 6 heterocycles. The number of rotatable bonds is 9. The summed E-state index contributed by atoms with van der Waals surface area (Å²) in [5.41, 5.74) is 4.81. The highest BCUT2D eigenvalue weighted by atomic mass is 15.3. The molecular weight excluding hydrogens is 500 g/mol. The highest BCUT2D eigenvalue weighted by molar-refractivity contribution is 5.81. The van der Waals surface area contributed by atoms with Crippen molar-refractivity contribution in [2.45, 2.75) is 32.7 Å². The Labute approximate surface area is 234 Å². The van der Waals surface area contributed by atoms with Crippen molar-refractivity contribution in [1.82, 2.24) is 39.8 Å². The van der Waals surface area contributed by atoms with Gasteiger partial charge in [-0.25, -0.2) is 9.97 Å². The van der Waals surface area contributed by atoms with Crippen LogP contribution in [0.4, 0.5) is 17.5 Å². The van der Waals surface area contributed by atoms with Crippen molar-refractivity contribution in [3.05, 3.63) is 79.0 Å². The van der Waals surface area contributed by atoms with Gasteiger partial charge in [0.05, 0.1) is 23.4 Å². The lowest BCUT2D eigenvalue weighted by Crippen LogP contribution is -2.47. The summed E-state index contributed by atoms with van der Waals surface area (Å²) in [6, 6.07) is 14.1. The zero-order valence-electron chi connectivity index (χ0n) is 23.0. The average molecular weight is 535 g/mol. The summed E-state index contributed by atoms with van der Waals surface area (Å²) in [6.07, 6.45) is 10.6. The minimum absolute atomic E-state index is 0.377. The van der Waals surface area contributed by atoms with E-state index >= 15 is 0 Å². The second kappa shape index (κ2) is 11.7. The first-order valence-electron chi connectivity index (χ1n) is 13.9. The van der Waals surface area contributed by atoms with Crippen molar-refractivity contribution < 1.29 is 0 Å². The lowest BCUT2D eigenvalue weighted by molar-refractivity contribution is 0.248. The molecule has 0 aliphatic carbocycles. The van der Waals surface area contributed by atoms with Crippen LogP contribution in [0.5, 0.6) is 0 Å². The highest BCUT2D eigenvalue weighted by Crippen LogP contribution is 2.24. The van der Waals surface area contributed by atoms with Crippen molar-refractivity contribution in [2.24, 2.45) is 0 Å². The third kappa shape index (κ3) is 6.07. The molecule has 0 atom stereocenters. The van der Waals surface area contributed by atoms with Crippen molar-refractivity contribution >= 4 is 28.5 Å². The molecule has 5 aromatic rings. The van der Waals surface area contributed by atoms with Crippen LogP contribution in [-0.4, -0.2) is 72.6 Å². The second-order valence-electron chi connectivity index (χ2n) is 10.5. The SMILES string of the molecule is CC(C)c1cnnc(Nc2ccc3ncc(-c4cnn(CCCN5CCN(c6ccccn6)CC5)c4)cc3n2)c1. The quantitative estimate of drug-likeness (QED) is 0.287. The van der Waals surface area contributed by atoms with Crippen molar-refractivity contribution in [3.8, 4) is 11.1 Å². The predicted molar refractivity (Wildman–Crippen MR) is 158 cm³/mol. The number of anilines is 3. The maximum atomic E-state index is 4.78. The Balaban J connectivity index is 1.05. The van der Waals surface area contributed by atoms with Crippen LogP contribution >= 0.6 is 0 Å². The van der Waals surface area contributed by atoms with Gasteiger partial charge in [-0.1, -0.05) is 19.9 Å². The molecule has 1 N–H and O–H groups in total. The third-order valence-electron chi connectivity index (χ3n) is 7.31. The molecule has 0 unspecified atom stereocenters. The van der Waals surface area contributed by atoms with Gasteiger partial charge in [0, 0.05) is 69.0 Å². The first-order valence-corrected chi connectivity index (χ1v) is 13.9. The number of piperazine rings is 1. The fourth-order valence-electron chi connectivity index (χ4n) is 4.96. The van der Waals surface area contributed by atoms with E-state index in [0.29, 0.717) is 17.6 Å². The van der Waals surface area contributed by atoms with E-state index in [1.807, 2.05) is 47.5 Å². The first kappa shape index (κ1) is 25.8. The molecular formula is C30H34N10. The summed E-state index contributed by atoms with van der Waals surface area (Å²) < 4.78 is 2.02. The van der Waals surface area contributed by atoms with Gasteiger partial charge >= 0.3 is 0 Å². The topological polar surface area (TPSA) is 101 Å². The molecule has 204 valence electrons. The molecule has 1 aliphatic heterocycles. The van der Waals surface area contributed by atoms with E-state index in [-0.39, 0.29) is 0 Å². The highest BCUT2D eigenvalue weighted by Gasteiger charge is 2.17. The largest absolute Gasteiger partial charge is 0.354 e. The van der Waals surface area contributed by atoms with Gasteiger partial charge in [-0.15, -0.1) is 5.10 Å². The molecule has 6 rings (SSSR count). The van der Waals surface area contributed by atoms with E-state index in [4.69, 9.17) is 4.98 Å². The molecule has 10 heteroatoms. The van der Waals surface area contributed by atoms with Crippen LogP contribution in [0.3, 0.4) is 0 Å². The summed E-state index contributed by atoms with van der Waals surface area (Å²) in [7, 11) is 0. The summed E-state index contributed by atoms with van der Waals surface area (Å²) in [4.78, 5) is 18.8. The number of aromatic nitrogens is 7. The molecule has 0 radical (unpaired) electrons. The van der Waals surface area contributed by atoms with E-state index in [1.165, 1.54) is 0 Å².